The zero-order valence-electron chi connectivity index (χ0n) is 14.7. The number of anilines is 1. The molecule has 1 aromatic heterocycles. The van der Waals surface area contributed by atoms with Gasteiger partial charge in [-0.2, -0.15) is 0 Å². The lowest BCUT2D eigenvalue weighted by Crippen LogP contribution is -2.60. The van der Waals surface area contributed by atoms with E-state index in [1.165, 1.54) is 29.7 Å². The van der Waals surface area contributed by atoms with E-state index in [0.29, 0.717) is 21.6 Å². The average molecular weight is 388 g/mol. The van der Waals surface area contributed by atoms with Gasteiger partial charge in [0.05, 0.1) is 5.56 Å². The minimum atomic E-state index is -0.618. The molecule has 9 heteroatoms. The second kappa shape index (κ2) is 6.90. The van der Waals surface area contributed by atoms with Crippen molar-refractivity contribution in [1.29, 1.82) is 5.41 Å². The van der Waals surface area contributed by atoms with Crippen LogP contribution >= 0.6 is 11.3 Å². The number of piperidine rings is 1. The molecule has 2 aromatic rings. The van der Waals surface area contributed by atoms with Crippen molar-refractivity contribution in [3.8, 4) is 16.3 Å². The highest BCUT2D eigenvalue weighted by atomic mass is 32.1. The molecule has 2 aliphatic rings. The summed E-state index contributed by atoms with van der Waals surface area (Å²) >= 11 is 1.28. The summed E-state index contributed by atoms with van der Waals surface area (Å²) in [6.45, 7) is 3.99. The van der Waals surface area contributed by atoms with Crippen molar-refractivity contribution >= 4 is 28.3 Å². The summed E-state index contributed by atoms with van der Waals surface area (Å²) in [4.78, 5) is 2.17. The monoisotopic (exact) mass is 388 g/mol. The second-order valence-corrected chi connectivity index (χ2v) is 8.07. The molecule has 1 spiro atoms. The molecule has 2 fully saturated rings. The number of phenols is 1. The third kappa shape index (κ3) is 3.17. The van der Waals surface area contributed by atoms with E-state index in [4.69, 9.17) is 11.1 Å². The summed E-state index contributed by atoms with van der Waals surface area (Å²) in [7, 11) is 0. The predicted octanol–water partition coefficient (Wildman–Crippen LogP) is 2.19. The van der Waals surface area contributed by atoms with Gasteiger partial charge in [0, 0.05) is 36.5 Å². The minimum Gasteiger partial charge on any atom is -0.507 e. The van der Waals surface area contributed by atoms with Gasteiger partial charge in [0.25, 0.3) is 0 Å². The van der Waals surface area contributed by atoms with Gasteiger partial charge in [-0.3, -0.25) is 0 Å². The number of hydrogen-bond donors (Lipinski definition) is 4. The number of nitrogens with one attached hydrogen (secondary N) is 2. The lowest BCUT2D eigenvalue weighted by Gasteiger charge is -2.52. The van der Waals surface area contributed by atoms with Crippen molar-refractivity contribution in [2.24, 2.45) is 11.1 Å². The van der Waals surface area contributed by atoms with Crippen LogP contribution < -0.4 is 16.0 Å². The van der Waals surface area contributed by atoms with Crippen LogP contribution in [0.3, 0.4) is 0 Å². The topological polar surface area (TPSA) is 111 Å². The molecular formula is C18H21FN6OS. The Hall–Kier alpha value is -2.52. The molecule has 3 heterocycles. The van der Waals surface area contributed by atoms with Crippen LogP contribution in [-0.4, -0.2) is 47.7 Å². The van der Waals surface area contributed by atoms with E-state index in [1.54, 1.807) is 0 Å². The van der Waals surface area contributed by atoms with Crippen molar-refractivity contribution in [2.75, 3.05) is 31.1 Å². The van der Waals surface area contributed by atoms with E-state index in [2.05, 4.69) is 20.4 Å². The van der Waals surface area contributed by atoms with E-state index in [0.717, 1.165) is 50.4 Å². The molecular weight excluding hydrogens is 367 g/mol. The quantitative estimate of drug-likeness (QED) is 0.598. The van der Waals surface area contributed by atoms with Crippen molar-refractivity contribution < 1.29 is 9.50 Å². The maximum atomic E-state index is 14.6. The molecule has 0 saturated carbocycles. The molecule has 0 atom stereocenters. The van der Waals surface area contributed by atoms with Crippen molar-refractivity contribution in [1.82, 2.24) is 15.5 Å². The summed E-state index contributed by atoms with van der Waals surface area (Å²) in [5.74, 6) is -0.861. The molecule has 0 radical (unpaired) electrons. The Morgan fingerprint density at radius 3 is 2.70 bits per heavy atom. The number of phenolic OH excluding ortho intramolecular Hbond substituents is 1. The Morgan fingerprint density at radius 1 is 1.33 bits per heavy atom. The maximum absolute atomic E-state index is 14.6. The van der Waals surface area contributed by atoms with Crippen LogP contribution in [0, 0.1) is 16.6 Å². The van der Waals surface area contributed by atoms with Crippen LogP contribution in [0.4, 0.5) is 9.52 Å². The summed E-state index contributed by atoms with van der Waals surface area (Å²) in [5, 5.41) is 30.4. The number of halogens is 1. The zero-order valence-corrected chi connectivity index (χ0v) is 15.5. The van der Waals surface area contributed by atoms with Crippen LogP contribution in [0.2, 0.25) is 0 Å². The number of allylic oxidation sites excluding steroid dienone is 1. The van der Waals surface area contributed by atoms with Crippen molar-refractivity contribution in [2.45, 2.75) is 12.8 Å². The van der Waals surface area contributed by atoms with Crippen LogP contribution in [0.5, 0.6) is 5.75 Å². The minimum absolute atomic E-state index is 0.0287. The molecule has 5 N–H and O–H groups in total. The predicted molar refractivity (Wildman–Crippen MR) is 105 cm³/mol. The molecule has 0 aliphatic carbocycles. The zero-order chi connectivity index (χ0) is 19.0. The molecule has 1 aromatic carbocycles. The van der Waals surface area contributed by atoms with E-state index in [-0.39, 0.29) is 11.3 Å². The summed E-state index contributed by atoms with van der Waals surface area (Å²) in [5.41, 5.74) is 6.49. The van der Waals surface area contributed by atoms with Crippen LogP contribution in [0.1, 0.15) is 18.4 Å². The smallest absolute Gasteiger partial charge is 0.208 e. The lowest BCUT2D eigenvalue weighted by molar-refractivity contribution is 0.149. The molecule has 0 unspecified atom stereocenters. The maximum Gasteiger partial charge on any atom is 0.208 e. The largest absolute Gasteiger partial charge is 0.507 e. The van der Waals surface area contributed by atoms with Gasteiger partial charge in [0.1, 0.15) is 11.6 Å². The van der Waals surface area contributed by atoms with E-state index < -0.39 is 5.82 Å². The van der Waals surface area contributed by atoms with Gasteiger partial charge in [0.2, 0.25) is 5.13 Å². The van der Waals surface area contributed by atoms with Gasteiger partial charge in [-0.15, -0.1) is 10.2 Å². The highest BCUT2D eigenvalue weighted by molar-refractivity contribution is 7.18. The first kappa shape index (κ1) is 17.9. The fourth-order valence-electron chi connectivity index (χ4n) is 3.81. The number of rotatable bonds is 4. The number of nitrogens with two attached hydrogens (primary N) is 1. The highest BCUT2D eigenvalue weighted by Crippen LogP contribution is 2.44. The van der Waals surface area contributed by atoms with E-state index in [1.807, 2.05) is 0 Å². The number of aromatic nitrogens is 2. The Labute approximate surface area is 160 Å². The summed E-state index contributed by atoms with van der Waals surface area (Å²) < 4.78 is 14.6. The first-order chi connectivity index (χ1) is 13.0. The number of nitrogens with zero attached hydrogens (tertiary/aromatic N) is 3. The molecule has 2 saturated heterocycles. The molecule has 4 rings (SSSR count). The van der Waals surface area contributed by atoms with Gasteiger partial charge in [0.15, 0.2) is 5.01 Å². The number of benzene rings is 1. The Balaban J connectivity index is 1.56. The third-order valence-electron chi connectivity index (χ3n) is 5.35. The second-order valence-electron chi connectivity index (χ2n) is 7.11. The van der Waals surface area contributed by atoms with Crippen molar-refractivity contribution in [3.63, 3.8) is 0 Å². The van der Waals surface area contributed by atoms with Gasteiger partial charge in [-0.25, -0.2) is 4.39 Å². The third-order valence-corrected chi connectivity index (χ3v) is 6.35. The summed E-state index contributed by atoms with van der Waals surface area (Å²) in [6, 6.07) is 2.63. The molecule has 2 aliphatic heterocycles. The molecule has 0 amide bonds. The average Bonchev–Trinajstić information content (AvgIpc) is 3.10. The molecule has 0 bridgehead atoms. The van der Waals surface area contributed by atoms with Crippen molar-refractivity contribution in [3.05, 3.63) is 29.7 Å². The van der Waals surface area contributed by atoms with Gasteiger partial charge >= 0.3 is 0 Å². The first-order valence-corrected chi connectivity index (χ1v) is 9.62. The molecule has 142 valence electrons. The normalized spacial score (nSPS) is 19.1. The lowest BCUT2D eigenvalue weighted by atomic mass is 9.73. The van der Waals surface area contributed by atoms with E-state index >= 15 is 0 Å². The van der Waals surface area contributed by atoms with Gasteiger partial charge in [-0.05, 0) is 43.6 Å². The van der Waals surface area contributed by atoms with Crippen LogP contribution in [-0.2, 0) is 0 Å². The Bertz CT molecular complexity index is 874. The fraction of sp³-hybridized carbons (Fsp3) is 0.389. The summed E-state index contributed by atoms with van der Waals surface area (Å²) in [6.07, 6.45) is 4.54. The fourth-order valence-corrected chi connectivity index (χ4v) is 4.71. The van der Waals surface area contributed by atoms with E-state index in [9.17, 15) is 9.50 Å². The van der Waals surface area contributed by atoms with Crippen LogP contribution in [0.25, 0.3) is 16.1 Å². The van der Waals surface area contributed by atoms with Gasteiger partial charge in [-0.1, -0.05) is 11.3 Å². The SMILES string of the molecule is N=CC(=CN)c1cc(O)c(-c2nnc(N3CC4(CCNCC4)C3)s2)c(F)c1. The molecule has 7 nitrogen and oxygen atoms in total. The first-order valence-electron chi connectivity index (χ1n) is 8.80. The number of hydrogen-bond acceptors (Lipinski definition) is 8. The highest BCUT2D eigenvalue weighted by Gasteiger charge is 2.44. The standard InChI is InChI=1S/C18H21FN6OS/c19-13-5-11(12(7-20)8-21)6-14(26)15(13)16-23-24-17(27-16)25-9-18(10-25)1-3-22-4-2-18/h5-8,20,22,26H,1-4,9-10,21H2. The van der Waals surface area contributed by atoms with Crippen LogP contribution in [0.15, 0.2) is 18.3 Å². The number of aromatic hydroxyl groups is 1. The van der Waals surface area contributed by atoms with Gasteiger partial charge < -0.3 is 26.5 Å². The molecule has 27 heavy (non-hydrogen) atoms. The Kier molecular flexibility index (Phi) is 4.56. The Morgan fingerprint density at radius 2 is 2.07 bits per heavy atom.